The minimum atomic E-state index is -3.88. The van der Waals surface area contributed by atoms with Crippen molar-refractivity contribution in [2.24, 2.45) is 0 Å². The van der Waals surface area contributed by atoms with Gasteiger partial charge in [0.05, 0.1) is 22.2 Å². The normalized spacial score (nSPS) is 11.8. The van der Waals surface area contributed by atoms with Gasteiger partial charge in [0.2, 0.25) is 15.9 Å². The number of nitrogens with zero attached hydrogens (tertiary/aromatic N) is 2. The first-order chi connectivity index (χ1) is 13.6. The largest absolute Gasteiger partial charge is 0.324 e. The van der Waals surface area contributed by atoms with E-state index in [0.29, 0.717) is 14.7 Å². The maximum absolute atomic E-state index is 14.1. The van der Waals surface area contributed by atoms with Crippen LogP contribution in [0, 0.1) is 5.82 Å². The number of amides is 1. The zero-order valence-corrected chi connectivity index (χ0v) is 17.7. The molecule has 0 bridgehead atoms. The van der Waals surface area contributed by atoms with Crippen molar-refractivity contribution in [3.05, 3.63) is 57.9 Å². The van der Waals surface area contributed by atoms with E-state index in [1.54, 1.807) is 22.8 Å². The molecule has 29 heavy (non-hydrogen) atoms. The molecule has 0 fully saturated rings. The van der Waals surface area contributed by atoms with Gasteiger partial charge in [-0.2, -0.15) is 0 Å². The van der Waals surface area contributed by atoms with Crippen LogP contribution in [0.3, 0.4) is 0 Å². The van der Waals surface area contributed by atoms with Gasteiger partial charge >= 0.3 is 4.87 Å². The topological polar surface area (TPSA) is 88.5 Å². The van der Waals surface area contributed by atoms with Crippen molar-refractivity contribution in [2.75, 3.05) is 22.4 Å². The third-order valence-corrected chi connectivity index (χ3v) is 6.27. The summed E-state index contributed by atoms with van der Waals surface area (Å²) >= 11 is 1.07. The number of rotatable bonds is 6. The Kier molecular flexibility index (Phi) is 5.76. The molecule has 3 aromatic rings. The summed E-state index contributed by atoms with van der Waals surface area (Å²) in [5, 5.41) is 2.61. The van der Waals surface area contributed by atoms with Crippen LogP contribution in [-0.2, 0) is 14.8 Å². The molecule has 0 aliphatic heterocycles. The number of anilines is 2. The second kappa shape index (κ2) is 7.96. The van der Waals surface area contributed by atoms with Gasteiger partial charge in [-0.05, 0) is 44.2 Å². The fourth-order valence-corrected chi connectivity index (χ4v) is 4.88. The Morgan fingerprint density at radius 1 is 1.24 bits per heavy atom. The molecule has 1 amide bonds. The predicted octanol–water partition coefficient (Wildman–Crippen LogP) is 3.19. The summed E-state index contributed by atoms with van der Waals surface area (Å²) in [7, 11) is -3.88. The van der Waals surface area contributed by atoms with Crippen molar-refractivity contribution in [3.8, 4) is 0 Å². The van der Waals surface area contributed by atoms with Gasteiger partial charge in [-0.1, -0.05) is 23.5 Å². The highest BCUT2D eigenvalue weighted by Gasteiger charge is 2.23. The molecular weight excluding hydrogens is 417 g/mol. The van der Waals surface area contributed by atoms with Crippen LogP contribution >= 0.6 is 11.3 Å². The van der Waals surface area contributed by atoms with E-state index in [2.05, 4.69) is 5.32 Å². The molecule has 0 aliphatic rings. The molecule has 1 N–H and O–H groups in total. The molecule has 0 saturated carbocycles. The van der Waals surface area contributed by atoms with Crippen molar-refractivity contribution in [3.63, 3.8) is 0 Å². The summed E-state index contributed by atoms with van der Waals surface area (Å²) in [6.45, 7) is 3.23. The number of hydrogen-bond acceptors (Lipinski definition) is 5. The molecule has 2 aromatic carbocycles. The Bertz CT molecular complexity index is 1230. The number of carbonyl (C=O) groups is 1. The Hall–Kier alpha value is -2.72. The second-order valence-corrected chi connectivity index (χ2v) is 9.68. The summed E-state index contributed by atoms with van der Waals surface area (Å²) in [5.74, 6) is -1.37. The number of sulfonamides is 1. The van der Waals surface area contributed by atoms with E-state index < -0.39 is 28.3 Å². The third kappa shape index (κ3) is 4.48. The number of carbonyl (C=O) groups excluding carboxylic acids is 1. The summed E-state index contributed by atoms with van der Waals surface area (Å²) in [4.78, 5) is 24.5. The third-order valence-electron chi connectivity index (χ3n) is 4.22. The lowest BCUT2D eigenvalue weighted by molar-refractivity contribution is -0.114. The molecule has 3 rings (SSSR count). The van der Waals surface area contributed by atoms with Gasteiger partial charge < -0.3 is 5.32 Å². The molecule has 1 heterocycles. The van der Waals surface area contributed by atoms with E-state index in [9.17, 15) is 22.4 Å². The monoisotopic (exact) mass is 437 g/mol. The lowest BCUT2D eigenvalue weighted by Crippen LogP contribution is -2.38. The Morgan fingerprint density at radius 3 is 2.55 bits per heavy atom. The molecular formula is C19H20FN3O4S2. The van der Waals surface area contributed by atoms with E-state index in [1.165, 1.54) is 18.2 Å². The van der Waals surface area contributed by atoms with Crippen molar-refractivity contribution in [1.82, 2.24) is 4.57 Å². The maximum atomic E-state index is 14.1. The van der Waals surface area contributed by atoms with Gasteiger partial charge in [0.1, 0.15) is 12.4 Å². The first-order valence-corrected chi connectivity index (χ1v) is 11.4. The van der Waals surface area contributed by atoms with Crippen LogP contribution in [-0.4, -0.2) is 31.7 Å². The number of para-hydroxylation sites is 1. The molecule has 10 heteroatoms. The fraction of sp³-hybridized carbons (Fsp3) is 0.263. The highest BCUT2D eigenvalue weighted by atomic mass is 32.2. The van der Waals surface area contributed by atoms with E-state index in [0.717, 1.165) is 29.2 Å². The van der Waals surface area contributed by atoms with Crippen LogP contribution in [0.5, 0.6) is 0 Å². The second-order valence-electron chi connectivity index (χ2n) is 6.78. The van der Waals surface area contributed by atoms with Crippen molar-refractivity contribution >= 4 is 48.9 Å². The van der Waals surface area contributed by atoms with Crippen molar-refractivity contribution < 1.29 is 17.6 Å². The molecule has 154 valence electrons. The van der Waals surface area contributed by atoms with Gasteiger partial charge in [0, 0.05) is 11.7 Å². The number of thiazole rings is 1. The zero-order valence-electron chi connectivity index (χ0n) is 16.0. The first-order valence-electron chi connectivity index (χ1n) is 8.75. The number of fused-ring (bicyclic) bond motifs is 1. The van der Waals surface area contributed by atoms with Crippen molar-refractivity contribution in [2.45, 2.75) is 19.9 Å². The number of aromatic nitrogens is 1. The molecule has 0 atom stereocenters. The maximum Gasteiger partial charge on any atom is 0.308 e. The molecule has 0 aliphatic carbocycles. The lowest BCUT2D eigenvalue weighted by atomic mass is 10.2. The average Bonchev–Trinajstić information content (AvgIpc) is 2.94. The van der Waals surface area contributed by atoms with Crippen LogP contribution in [0.15, 0.2) is 47.3 Å². The van der Waals surface area contributed by atoms with E-state index in [4.69, 9.17) is 0 Å². The van der Waals surface area contributed by atoms with Gasteiger partial charge in [0.15, 0.2) is 0 Å². The van der Waals surface area contributed by atoms with Crippen molar-refractivity contribution in [1.29, 1.82) is 0 Å². The smallest absolute Gasteiger partial charge is 0.308 e. The van der Waals surface area contributed by atoms with E-state index >= 15 is 0 Å². The molecule has 0 spiro atoms. The van der Waals surface area contributed by atoms with Gasteiger partial charge in [-0.25, -0.2) is 12.8 Å². The number of nitrogens with one attached hydrogen (secondary N) is 1. The standard InChI is InChI=1S/C19H20FN3O4S2/c1-12(2)23-16-9-8-13(10-17(16)28-19(23)25)21-18(24)11-22(29(3,26)27)15-7-5-4-6-14(15)20/h4-10,12H,11H2,1-3H3,(H,21,24). The highest BCUT2D eigenvalue weighted by Crippen LogP contribution is 2.25. The minimum absolute atomic E-state index is 0.000721. The SMILES string of the molecule is CC(C)n1c(=O)sc2cc(NC(=O)CN(c3ccccc3F)S(C)(=O)=O)ccc21. The summed E-state index contributed by atoms with van der Waals surface area (Å²) < 4.78 is 41.3. The number of halogens is 1. The molecule has 0 unspecified atom stereocenters. The Morgan fingerprint density at radius 2 is 1.93 bits per heavy atom. The van der Waals surface area contributed by atoms with Crippen LogP contribution in [0.1, 0.15) is 19.9 Å². The van der Waals surface area contributed by atoms with E-state index in [1.807, 2.05) is 13.8 Å². The molecule has 0 radical (unpaired) electrons. The van der Waals surface area contributed by atoms with Gasteiger partial charge in [0.25, 0.3) is 0 Å². The van der Waals surface area contributed by atoms with Crippen LogP contribution in [0.4, 0.5) is 15.8 Å². The minimum Gasteiger partial charge on any atom is -0.324 e. The van der Waals surface area contributed by atoms with Crippen LogP contribution < -0.4 is 14.5 Å². The van der Waals surface area contributed by atoms with Gasteiger partial charge in [-0.15, -0.1) is 0 Å². The highest BCUT2D eigenvalue weighted by molar-refractivity contribution is 7.92. The summed E-state index contributed by atoms with van der Waals surface area (Å²) in [5.41, 5.74) is 0.978. The average molecular weight is 438 g/mol. The molecule has 1 aromatic heterocycles. The predicted molar refractivity (Wildman–Crippen MR) is 114 cm³/mol. The Labute approximate surface area is 171 Å². The zero-order chi connectivity index (χ0) is 21.3. The summed E-state index contributed by atoms with van der Waals surface area (Å²) in [6, 6.07) is 10.4. The van der Waals surface area contributed by atoms with Crippen LogP contribution in [0.2, 0.25) is 0 Å². The quantitative estimate of drug-likeness (QED) is 0.642. The summed E-state index contributed by atoms with van der Waals surface area (Å²) in [6.07, 6.45) is 0.908. The molecule has 7 nitrogen and oxygen atoms in total. The van der Waals surface area contributed by atoms with Gasteiger partial charge in [-0.3, -0.25) is 18.5 Å². The lowest BCUT2D eigenvalue weighted by Gasteiger charge is -2.22. The Balaban J connectivity index is 1.85. The fourth-order valence-electron chi connectivity index (χ4n) is 2.97. The van der Waals surface area contributed by atoms with E-state index in [-0.39, 0.29) is 16.6 Å². The first kappa shape index (κ1) is 21.0. The van der Waals surface area contributed by atoms with Crippen LogP contribution in [0.25, 0.3) is 10.2 Å². The number of hydrogen-bond donors (Lipinski definition) is 1. The molecule has 0 saturated heterocycles. The number of benzene rings is 2.